The van der Waals surface area contributed by atoms with Crippen LogP contribution in [0.15, 0.2) is 23.3 Å². The number of nitrogen functional groups attached to an aromatic ring is 1. The first-order valence-electron chi connectivity index (χ1n) is 6.96. The van der Waals surface area contributed by atoms with Crippen LogP contribution in [0.25, 0.3) is 0 Å². The van der Waals surface area contributed by atoms with E-state index in [1.807, 2.05) is 39.8 Å². The summed E-state index contributed by atoms with van der Waals surface area (Å²) in [5, 5.41) is 3.72. The second-order valence-corrected chi connectivity index (χ2v) is 6.21. The molecule has 0 bridgehead atoms. The second kappa shape index (κ2) is 5.62. The van der Waals surface area contributed by atoms with Gasteiger partial charge in [0.05, 0.1) is 17.4 Å². The molecule has 0 saturated carbocycles. The van der Waals surface area contributed by atoms with Crippen molar-refractivity contribution in [1.82, 2.24) is 5.43 Å². The Bertz CT molecular complexity index is 600. The van der Waals surface area contributed by atoms with Crippen molar-refractivity contribution in [3.05, 3.63) is 23.8 Å². The Morgan fingerprint density at radius 2 is 1.86 bits per heavy atom. The van der Waals surface area contributed by atoms with Crippen molar-refractivity contribution in [3.8, 4) is 0 Å². The lowest BCUT2D eigenvalue weighted by Gasteiger charge is -2.32. The molecule has 1 heterocycles. The van der Waals surface area contributed by atoms with Gasteiger partial charge in [-0.05, 0) is 39.2 Å². The highest BCUT2D eigenvalue weighted by Crippen LogP contribution is 2.36. The Kier molecular flexibility index (Phi) is 4.17. The fourth-order valence-corrected chi connectivity index (χ4v) is 2.00. The summed E-state index contributed by atoms with van der Waals surface area (Å²) in [4.78, 5) is 10.6. The van der Waals surface area contributed by atoms with Gasteiger partial charge in [0.15, 0.2) is 0 Å². The van der Waals surface area contributed by atoms with Crippen LogP contribution in [0.5, 0.6) is 0 Å². The molecular formula is C14H21BN4O3. The molecule has 1 aromatic rings. The van der Waals surface area contributed by atoms with Crippen LogP contribution in [-0.2, 0) is 9.31 Å². The molecule has 1 aliphatic rings. The number of hydrogen-bond acceptors (Lipinski definition) is 5. The first-order valence-corrected chi connectivity index (χ1v) is 6.96. The highest BCUT2D eigenvalue weighted by molar-refractivity contribution is 6.62. The van der Waals surface area contributed by atoms with Crippen molar-refractivity contribution in [2.45, 2.75) is 38.9 Å². The number of rotatable bonds is 3. The van der Waals surface area contributed by atoms with Gasteiger partial charge in [0.25, 0.3) is 0 Å². The van der Waals surface area contributed by atoms with E-state index in [-0.39, 0.29) is 0 Å². The third kappa shape index (κ3) is 3.23. The lowest BCUT2D eigenvalue weighted by molar-refractivity contribution is 0.00578. The fourth-order valence-electron chi connectivity index (χ4n) is 2.00. The number of hydrogen-bond donors (Lipinski definition) is 3. The maximum absolute atomic E-state index is 10.6. The molecule has 1 aliphatic heterocycles. The van der Waals surface area contributed by atoms with Crippen LogP contribution >= 0.6 is 0 Å². The van der Waals surface area contributed by atoms with Crippen molar-refractivity contribution in [3.63, 3.8) is 0 Å². The Labute approximate surface area is 130 Å². The Hall–Kier alpha value is -2.06. The molecule has 0 radical (unpaired) electrons. The molecule has 5 N–H and O–H groups in total. The van der Waals surface area contributed by atoms with Crippen molar-refractivity contribution in [1.29, 1.82) is 0 Å². The zero-order valence-electron chi connectivity index (χ0n) is 13.2. The van der Waals surface area contributed by atoms with E-state index in [1.165, 1.54) is 6.21 Å². The standard InChI is InChI=1S/C14H21BN4O3/c1-13(2)14(3,4)22-15(21-13)10-5-6-11(16)9(7-10)8-18-19-12(17)20/h5-8H,16H2,1-4H3,(H3,17,19,20). The normalized spacial score (nSPS) is 19.5. The summed E-state index contributed by atoms with van der Waals surface area (Å²) in [5.41, 5.74) is 14.1. The number of carbonyl (C=O) groups excluding carboxylic acids is 1. The van der Waals surface area contributed by atoms with Crippen LogP contribution in [0.3, 0.4) is 0 Å². The average Bonchev–Trinajstić information content (AvgIpc) is 2.60. The number of nitrogens with zero attached hydrogens (tertiary/aromatic N) is 1. The zero-order valence-corrected chi connectivity index (χ0v) is 13.2. The molecule has 0 aromatic heterocycles. The molecule has 0 spiro atoms. The number of amides is 2. The van der Waals surface area contributed by atoms with E-state index in [0.29, 0.717) is 11.3 Å². The van der Waals surface area contributed by atoms with Gasteiger partial charge in [-0.1, -0.05) is 12.1 Å². The highest BCUT2D eigenvalue weighted by atomic mass is 16.7. The summed E-state index contributed by atoms with van der Waals surface area (Å²) in [6.45, 7) is 7.96. The minimum Gasteiger partial charge on any atom is -0.399 e. The van der Waals surface area contributed by atoms with Crippen LogP contribution in [0.4, 0.5) is 10.5 Å². The molecule has 22 heavy (non-hydrogen) atoms. The first-order chi connectivity index (χ1) is 10.1. The molecule has 2 rings (SSSR count). The number of hydrazone groups is 1. The van der Waals surface area contributed by atoms with Crippen molar-refractivity contribution in [2.24, 2.45) is 10.8 Å². The molecule has 1 saturated heterocycles. The molecule has 1 aromatic carbocycles. The van der Waals surface area contributed by atoms with Crippen LogP contribution < -0.4 is 22.4 Å². The molecule has 0 atom stereocenters. The van der Waals surface area contributed by atoms with E-state index in [1.54, 1.807) is 6.07 Å². The number of nitrogens with one attached hydrogen (secondary N) is 1. The quantitative estimate of drug-likeness (QED) is 0.328. The Morgan fingerprint density at radius 3 is 2.41 bits per heavy atom. The number of nitrogens with two attached hydrogens (primary N) is 2. The van der Waals surface area contributed by atoms with Gasteiger partial charge in [-0.3, -0.25) is 0 Å². The topological polar surface area (TPSA) is 112 Å². The predicted molar refractivity (Wildman–Crippen MR) is 86.9 cm³/mol. The van der Waals surface area contributed by atoms with E-state index < -0.39 is 24.4 Å². The number of primary amides is 1. The van der Waals surface area contributed by atoms with Crippen molar-refractivity contribution >= 4 is 30.5 Å². The molecular weight excluding hydrogens is 283 g/mol. The lowest BCUT2D eigenvalue weighted by Crippen LogP contribution is -2.41. The van der Waals surface area contributed by atoms with E-state index in [9.17, 15) is 4.79 Å². The molecule has 8 heteroatoms. The average molecular weight is 304 g/mol. The maximum atomic E-state index is 10.6. The van der Waals surface area contributed by atoms with Crippen molar-refractivity contribution in [2.75, 3.05) is 5.73 Å². The summed E-state index contributed by atoms with van der Waals surface area (Å²) in [6, 6.07) is 4.66. The van der Waals surface area contributed by atoms with Crippen LogP contribution in [0.2, 0.25) is 0 Å². The van der Waals surface area contributed by atoms with Crippen LogP contribution in [0.1, 0.15) is 33.3 Å². The van der Waals surface area contributed by atoms with E-state index in [0.717, 1.165) is 5.46 Å². The van der Waals surface area contributed by atoms with Crippen LogP contribution in [0, 0.1) is 0 Å². The summed E-state index contributed by atoms with van der Waals surface area (Å²) in [5.74, 6) is 0. The van der Waals surface area contributed by atoms with Gasteiger partial charge in [0.2, 0.25) is 0 Å². The largest absolute Gasteiger partial charge is 0.494 e. The molecule has 2 amide bonds. The van der Waals surface area contributed by atoms with E-state index >= 15 is 0 Å². The van der Waals surface area contributed by atoms with E-state index in [2.05, 4.69) is 10.5 Å². The van der Waals surface area contributed by atoms with Gasteiger partial charge >= 0.3 is 13.1 Å². The summed E-state index contributed by atoms with van der Waals surface area (Å²) in [6.07, 6.45) is 1.43. The van der Waals surface area contributed by atoms with Gasteiger partial charge in [0.1, 0.15) is 0 Å². The number of urea groups is 1. The van der Waals surface area contributed by atoms with Crippen molar-refractivity contribution < 1.29 is 14.1 Å². The minimum atomic E-state index is -0.739. The third-order valence-electron chi connectivity index (χ3n) is 4.01. The number of carbonyl (C=O) groups is 1. The van der Waals surface area contributed by atoms with Gasteiger partial charge in [-0.25, -0.2) is 10.2 Å². The number of benzene rings is 1. The SMILES string of the molecule is CC1(C)OB(c2ccc(N)c(C=NNC(N)=O)c2)OC1(C)C. The van der Waals surface area contributed by atoms with Gasteiger partial charge in [0, 0.05) is 11.3 Å². The van der Waals surface area contributed by atoms with Gasteiger partial charge in [-0.15, -0.1) is 0 Å². The van der Waals surface area contributed by atoms with Gasteiger partial charge < -0.3 is 20.8 Å². The monoisotopic (exact) mass is 304 g/mol. The summed E-state index contributed by atoms with van der Waals surface area (Å²) >= 11 is 0. The molecule has 7 nitrogen and oxygen atoms in total. The fraction of sp³-hybridized carbons (Fsp3) is 0.429. The summed E-state index contributed by atoms with van der Waals surface area (Å²) in [7, 11) is -0.484. The second-order valence-electron chi connectivity index (χ2n) is 6.21. The Balaban J connectivity index is 2.24. The smallest absolute Gasteiger partial charge is 0.399 e. The van der Waals surface area contributed by atoms with Gasteiger partial charge in [-0.2, -0.15) is 5.10 Å². The number of anilines is 1. The summed E-state index contributed by atoms with van der Waals surface area (Å²) < 4.78 is 12.0. The third-order valence-corrected chi connectivity index (χ3v) is 4.01. The zero-order chi connectivity index (χ0) is 16.5. The lowest BCUT2D eigenvalue weighted by atomic mass is 9.78. The Morgan fingerprint density at radius 1 is 1.27 bits per heavy atom. The minimum absolute atomic E-state index is 0.416. The predicted octanol–water partition coefficient (Wildman–Crippen LogP) is 0.570. The molecule has 0 aliphatic carbocycles. The van der Waals surface area contributed by atoms with E-state index in [4.69, 9.17) is 20.8 Å². The van der Waals surface area contributed by atoms with Crippen LogP contribution in [-0.4, -0.2) is 30.6 Å². The highest BCUT2D eigenvalue weighted by Gasteiger charge is 2.51. The molecule has 1 fully saturated rings. The molecule has 118 valence electrons. The molecule has 0 unspecified atom stereocenters. The first kappa shape index (κ1) is 16.3. The maximum Gasteiger partial charge on any atom is 0.494 e.